The molecule has 1 unspecified atom stereocenters. The Labute approximate surface area is 122 Å². The number of pyridine rings is 1. The summed E-state index contributed by atoms with van der Waals surface area (Å²) in [7, 11) is 0. The van der Waals surface area contributed by atoms with Crippen molar-refractivity contribution < 1.29 is 4.79 Å². The fourth-order valence-corrected chi connectivity index (χ4v) is 1.83. The summed E-state index contributed by atoms with van der Waals surface area (Å²) in [5, 5.41) is 12.0. The summed E-state index contributed by atoms with van der Waals surface area (Å²) in [4.78, 5) is 15.9. The highest BCUT2D eigenvalue weighted by Gasteiger charge is 2.11. The molecule has 0 bridgehead atoms. The van der Waals surface area contributed by atoms with Crippen molar-refractivity contribution in [2.45, 2.75) is 13.0 Å². The molecule has 0 spiro atoms. The number of hydrogen-bond acceptors (Lipinski definition) is 3. The van der Waals surface area contributed by atoms with E-state index in [1.165, 1.54) is 6.20 Å². The van der Waals surface area contributed by atoms with Gasteiger partial charge in [0, 0.05) is 6.20 Å². The molecular formula is C15H12ClN3O. The number of hydrogen-bond donors (Lipinski definition) is 1. The number of nitriles is 1. The number of benzene rings is 1. The van der Waals surface area contributed by atoms with Crippen LogP contribution >= 0.6 is 11.6 Å². The van der Waals surface area contributed by atoms with Gasteiger partial charge in [-0.05, 0) is 36.8 Å². The Balaban J connectivity index is 2.06. The number of nitrogens with one attached hydrogen (secondary N) is 1. The predicted molar refractivity (Wildman–Crippen MR) is 76.3 cm³/mol. The van der Waals surface area contributed by atoms with Gasteiger partial charge in [0.1, 0.15) is 5.15 Å². The zero-order valence-electron chi connectivity index (χ0n) is 10.8. The molecule has 100 valence electrons. The zero-order valence-corrected chi connectivity index (χ0v) is 11.6. The minimum absolute atomic E-state index is 0.161. The second-order valence-corrected chi connectivity index (χ2v) is 4.69. The molecule has 1 N–H and O–H groups in total. The first-order valence-corrected chi connectivity index (χ1v) is 6.40. The molecule has 0 aliphatic heterocycles. The Hall–Kier alpha value is -2.38. The van der Waals surface area contributed by atoms with Crippen molar-refractivity contribution in [2.75, 3.05) is 0 Å². The summed E-state index contributed by atoms with van der Waals surface area (Å²) < 4.78 is 0. The number of carbonyl (C=O) groups is 1. The highest BCUT2D eigenvalue weighted by atomic mass is 35.5. The van der Waals surface area contributed by atoms with Crippen LogP contribution in [0.25, 0.3) is 0 Å². The van der Waals surface area contributed by atoms with E-state index in [0.717, 1.165) is 5.56 Å². The van der Waals surface area contributed by atoms with Crippen molar-refractivity contribution in [3.8, 4) is 6.07 Å². The fourth-order valence-electron chi connectivity index (χ4n) is 1.72. The van der Waals surface area contributed by atoms with E-state index in [4.69, 9.17) is 16.9 Å². The molecular weight excluding hydrogens is 274 g/mol. The smallest absolute Gasteiger partial charge is 0.253 e. The van der Waals surface area contributed by atoms with Crippen LogP contribution in [-0.4, -0.2) is 10.9 Å². The Morgan fingerprint density at radius 2 is 2.00 bits per heavy atom. The minimum Gasteiger partial charge on any atom is -0.345 e. The molecule has 2 aromatic rings. The minimum atomic E-state index is -0.217. The molecule has 0 radical (unpaired) electrons. The van der Waals surface area contributed by atoms with Crippen LogP contribution in [0.4, 0.5) is 0 Å². The van der Waals surface area contributed by atoms with E-state index in [1.54, 1.807) is 24.3 Å². The molecule has 1 amide bonds. The highest BCUT2D eigenvalue weighted by molar-refractivity contribution is 6.29. The molecule has 0 aliphatic carbocycles. The van der Waals surface area contributed by atoms with E-state index in [9.17, 15) is 4.79 Å². The lowest BCUT2D eigenvalue weighted by Crippen LogP contribution is -2.26. The molecule has 0 fully saturated rings. The zero-order chi connectivity index (χ0) is 14.5. The maximum Gasteiger partial charge on any atom is 0.253 e. The predicted octanol–water partition coefficient (Wildman–Crippen LogP) is 3.10. The van der Waals surface area contributed by atoms with Crippen LogP contribution in [0.15, 0.2) is 42.6 Å². The Morgan fingerprint density at radius 1 is 1.30 bits per heavy atom. The first-order chi connectivity index (χ1) is 9.60. The van der Waals surface area contributed by atoms with Crippen LogP contribution in [-0.2, 0) is 0 Å². The average Bonchev–Trinajstić information content (AvgIpc) is 2.48. The van der Waals surface area contributed by atoms with Crippen molar-refractivity contribution >= 4 is 17.5 Å². The first-order valence-electron chi connectivity index (χ1n) is 6.02. The normalized spacial score (nSPS) is 11.4. The lowest BCUT2D eigenvalue weighted by Gasteiger charge is -2.14. The van der Waals surface area contributed by atoms with Gasteiger partial charge in [0.25, 0.3) is 5.91 Å². The van der Waals surface area contributed by atoms with E-state index in [1.807, 2.05) is 19.1 Å². The van der Waals surface area contributed by atoms with E-state index in [0.29, 0.717) is 16.3 Å². The number of halogens is 1. The molecule has 1 aromatic carbocycles. The lowest BCUT2D eigenvalue weighted by atomic mass is 10.1. The van der Waals surface area contributed by atoms with E-state index >= 15 is 0 Å². The van der Waals surface area contributed by atoms with Gasteiger partial charge in [-0.3, -0.25) is 4.79 Å². The van der Waals surface area contributed by atoms with Gasteiger partial charge in [0.05, 0.1) is 23.2 Å². The van der Waals surface area contributed by atoms with Crippen molar-refractivity contribution in [1.82, 2.24) is 10.3 Å². The van der Waals surface area contributed by atoms with Crippen molar-refractivity contribution in [1.29, 1.82) is 5.26 Å². The van der Waals surface area contributed by atoms with Crippen molar-refractivity contribution in [3.05, 3.63) is 64.4 Å². The third-order valence-corrected chi connectivity index (χ3v) is 3.10. The fraction of sp³-hybridized carbons (Fsp3) is 0.133. The van der Waals surface area contributed by atoms with Crippen molar-refractivity contribution in [3.63, 3.8) is 0 Å². The summed E-state index contributed by atoms with van der Waals surface area (Å²) in [6.07, 6.45) is 1.43. The lowest BCUT2D eigenvalue weighted by molar-refractivity contribution is 0.0939. The maximum atomic E-state index is 12.0. The van der Waals surface area contributed by atoms with Crippen LogP contribution in [0, 0.1) is 11.3 Å². The van der Waals surface area contributed by atoms with Gasteiger partial charge in [-0.15, -0.1) is 0 Å². The molecule has 0 aliphatic rings. The van der Waals surface area contributed by atoms with Crippen LogP contribution in [0.1, 0.15) is 34.5 Å². The van der Waals surface area contributed by atoms with Gasteiger partial charge < -0.3 is 5.32 Å². The molecule has 1 heterocycles. The van der Waals surface area contributed by atoms with Crippen LogP contribution in [0.5, 0.6) is 0 Å². The average molecular weight is 286 g/mol. The monoisotopic (exact) mass is 285 g/mol. The SMILES string of the molecule is CC(NC(=O)c1ccc(Cl)nc1)c1ccc(C#N)cc1. The second-order valence-electron chi connectivity index (χ2n) is 4.30. The van der Waals surface area contributed by atoms with E-state index < -0.39 is 0 Å². The highest BCUT2D eigenvalue weighted by Crippen LogP contribution is 2.14. The topological polar surface area (TPSA) is 65.8 Å². The summed E-state index contributed by atoms with van der Waals surface area (Å²) in [6, 6.07) is 12.2. The number of amides is 1. The number of rotatable bonds is 3. The Bertz CT molecular complexity index is 644. The van der Waals surface area contributed by atoms with Crippen LogP contribution < -0.4 is 5.32 Å². The number of carbonyl (C=O) groups excluding carboxylic acids is 1. The van der Waals surface area contributed by atoms with Gasteiger partial charge >= 0.3 is 0 Å². The molecule has 4 nitrogen and oxygen atoms in total. The second kappa shape index (κ2) is 6.18. The molecule has 20 heavy (non-hydrogen) atoms. The standard InChI is InChI=1S/C15H12ClN3O/c1-10(12-4-2-11(8-17)3-5-12)19-15(20)13-6-7-14(16)18-9-13/h2-7,9-10H,1H3,(H,19,20). The van der Waals surface area contributed by atoms with Gasteiger partial charge in [-0.2, -0.15) is 5.26 Å². The van der Waals surface area contributed by atoms with Crippen LogP contribution in [0.2, 0.25) is 5.15 Å². The molecule has 1 atom stereocenters. The quantitative estimate of drug-likeness (QED) is 0.881. The third-order valence-electron chi connectivity index (χ3n) is 2.88. The first kappa shape index (κ1) is 14.0. The number of aromatic nitrogens is 1. The summed E-state index contributed by atoms with van der Waals surface area (Å²) in [6.45, 7) is 1.88. The summed E-state index contributed by atoms with van der Waals surface area (Å²) in [5.74, 6) is -0.217. The van der Waals surface area contributed by atoms with Gasteiger partial charge in [-0.1, -0.05) is 23.7 Å². The molecule has 2 rings (SSSR count). The summed E-state index contributed by atoms with van der Waals surface area (Å²) >= 11 is 5.68. The van der Waals surface area contributed by atoms with Gasteiger partial charge in [-0.25, -0.2) is 4.98 Å². The molecule has 0 saturated heterocycles. The largest absolute Gasteiger partial charge is 0.345 e. The van der Waals surface area contributed by atoms with E-state index in [2.05, 4.69) is 16.4 Å². The van der Waals surface area contributed by atoms with Gasteiger partial charge in [0.15, 0.2) is 0 Å². The molecule has 0 saturated carbocycles. The Kier molecular flexibility index (Phi) is 4.34. The van der Waals surface area contributed by atoms with Crippen molar-refractivity contribution in [2.24, 2.45) is 0 Å². The maximum absolute atomic E-state index is 12.0. The summed E-state index contributed by atoms with van der Waals surface area (Å²) in [5.41, 5.74) is 1.98. The van der Waals surface area contributed by atoms with Gasteiger partial charge in [0.2, 0.25) is 0 Å². The van der Waals surface area contributed by atoms with Crippen LogP contribution in [0.3, 0.4) is 0 Å². The Morgan fingerprint density at radius 3 is 2.55 bits per heavy atom. The molecule has 1 aromatic heterocycles. The van der Waals surface area contributed by atoms with E-state index in [-0.39, 0.29) is 11.9 Å². The molecule has 5 heteroatoms. The number of nitrogens with zero attached hydrogens (tertiary/aromatic N) is 2. The third kappa shape index (κ3) is 3.34.